The molecule has 1 aromatic heterocycles. The molecule has 3 rings (SSSR count). The summed E-state index contributed by atoms with van der Waals surface area (Å²) in [6, 6.07) is 0. The van der Waals surface area contributed by atoms with Gasteiger partial charge in [-0.2, -0.15) is 4.98 Å². The van der Waals surface area contributed by atoms with Crippen molar-refractivity contribution in [2.75, 3.05) is 41.7 Å². The van der Waals surface area contributed by atoms with Gasteiger partial charge in [-0.05, 0) is 25.7 Å². The van der Waals surface area contributed by atoms with E-state index in [4.69, 9.17) is 5.73 Å². The lowest BCUT2D eigenvalue weighted by atomic mass is 10.4. The van der Waals surface area contributed by atoms with Crippen LogP contribution in [0.2, 0.25) is 0 Å². The van der Waals surface area contributed by atoms with Gasteiger partial charge in [-0.3, -0.25) is 0 Å². The average molecular weight is 233 g/mol. The minimum absolute atomic E-state index is 0.704. The van der Waals surface area contributed by atoms with Crippen LogP contribution < -0.4 is 15.5 Å². The van der Waals surface area contributed by atoms with Crippen LogP contribution in [-0.4, -0.2) is 36.1 Å². The van der Waals surface area contributed by atoms with Crippen LogP contribution in [0.3, 0.4) is 0 Å². The Morgan fingerprint density at radius 1 is 0.941 bits per heavy atom. The molecular weight excluding hydrogens is 214 g/mol. The molecule has 17 heavy (non-hydrogen) atoms. The van der Waals surface area contributed by atoms with E-state index < -0.39 is 0 Å². The maximum Gasteiger partial charge on any atom is 0.227 e. The summed E-state index contributed by atoms with van der Waals surface area (Å²) in [5.41, 5.74) is 6.69. The van der Waals surface area contributed by atoms with Crippen molar-refractivity contribution < 1.29 is 0 Å². The number of hydrogen-bond acceptors (Lipinski definition) is 5. The number of nitrogen functional groups attached to an aromatic ring is 1. The highest BCUT2D eigenvalue weighted by molar-refractivity contribution is 5.64. The van der Waals surface area contributed by atoms with Gasteiger partial charge in [0.1, 0.15) is 0 Å². The molecule has 0 radical (unpaired) electrons. The first-order valence-electron chi connectivity index (χ1n) is 6.47. The van der Waals surface area contributed by atoms with Gasteiger partial charge in [-0.15, -0.1) is 0 Å². The molecule has 0 unspecified atom stereocenters. The topological polar surface area (TPSA) is 58.3 Å². The minimum atomic E-state index is 0.704. The summed E-state index contributed by atoms with van der Waals surface area (Å²) in [5, 5.41) is 0. The second kappa shape index (κ2) is 4.39. The molecule has 2 N–H and O–H groups in total. The molecule has 5 nitrogen and oxygen atoms in total. The van der Waals surface area contributed by atoms with E-state index in [0.29, 0.717) is 5.69 Å². The fourth-order valence-electron chi connectivity index (χ4n) is 2.62. The van der Waals surface area contributed by atoms with Crippen molar-refractivity contribution in [3.05, 3.63) is 6.20 Å². The first kappa shape index (κ1) is 10.6. The molecule has 0 aliphatic carbocycles. The summed E-state index contributed by atoms with van der Waals surface area (Å²) in [4.78, 5) is 13.5. The van der Waals surface area contributed by atoms with Crippen molar-refractivity contribution in [3.8, 4) is 0 Å². The number of aromatic nitrogens is 2. The second-order valence-electron chi connectivity index (χ2n) is 4.84. The summed E-state index contributed by atoms with van der Waals surface area (Å²) in [5.74, 6) is 1.78. The Labute approximate surface area is 102 Å². The van der Waals surface area contributed by atoms with Crippen molar-refractivity contribution in [2.24, 2.45) is 0 Å². The quantitative estimate of drug-likeness (QED) is 0.833. The van der Waals surface area contributed by atoms with Crippen molar-refractivity contribution in [1.82, 2.24) is 9.97 Å². The molecule has 0 saturated carbocycles. The van der Waals surface area contributed by atoms with Crippen LogP contribution in [0.25, 0.3) is 0 Å². The van der Waals surface area contributed by atoms with E-state index in [0.717, 1.165) is 37.9 Å². The van der Waals surface area contributed by atoms with Gasteiger partial charge in [0.2, 0.25) is 5.95 Å². The Kier molecular flexibility index (Phi) is 2.74. The first-order valence-corrected chi connectivity index (χ1v) is 6.47. The summed E-state index contributed by atoms with van der Waals surface area (Å²) < 4.78 is 0. The monoisotopic (exact) mass is 233 g/mol. The van der Waals surface area contributed by atoms with Crippen LogP contribution in [0.5, 0.6) is 0 Å². The molecule has 0 bridgehead atoms. The van der Waals surface area contributed by atoms with E-state index in [1.807, 2.05) is 0 Å². The molecule has 92 valence electrons. The molecule has 0 atom stereocenters. The van der Waals surface area contributed by atoms with Crippen molar-refractivity contribution in [1.29, 1.82) is 0 Å². The summed E-state index contributed by atoms with van der Waals surface area (Å²) in [7, 11) is 0. The highest BCUT2D eigenvalue weighted by Gasteiger charge is 2.20. The third-order valence-corrected chi connectivity index (χ3v) is 3.58. The molecule has 2 fully saturated rings. The van der Waals surface area contributed by atoms with Crippen molar-refractivity contribution in [2.45, 2.75) is 25.7 Å². The molecule has 3 heterocycles. The van der Waals surface area contributed by atoms with E-state index in [-0.39, 0.29) is 0 Å². The summed E-state index contributed by atoms with van der Waals surface area (Å²) >= 11 is 0. The number of nitrogens with two attached hydrogens (primary N) is 1. The van der Waals surface area contributed by atoms with Crippen LogP contribution >= 0.6 is 0 Å². The Hall–Kier alpha value is -1.52. The molecule has 1 aromatic rings. The van der Waals surface area contributed by atoms with Gasteiger partial charge in [0, 0.05) is 26.2 Å². The Bertz CT molecular complexity index is 394. The third kappa shape index (κ3) is 2.01. The predicted molar refractivity (Wildman–Crippen MR) is 69.3 cm³/mol. The molecule has 2 aliphatic heterocycles. The van der Waals surface area contributed by atoms with Gasteiger partial charge >= 0.3 is 0 Å². The number of hydrogen-bond donors (Lipinski definition) is 1. The van der Waals surface area contributed by atoms with Crippen molar-refractivity contribution >= 4 is 17.5 Å². The van der Waals surface area contributed by atoms with Gasteiger partial charge in [0.25, 0.3) is 0 Å². The molecule has 2 saturated heterocycles. The Morgan fingerprint density at radius 3 is 2.18 bits per heavy atom. The van der Waals surface area contributed by atoms with Crippen LogP contribution in [0.4, 0.5) is 17.5 Å². The van der Waals surface area contributed by atoms with Crippen molar-refractivity contribution in [3.63, 3.8) is 0 Å². The first-order chi connectivity index (χ1) is 8.34. The fourth-order valence-corrected chi connectivity index (χ4v) is 2.62. The zero-order valence-corrected chi connectivity index (χ0v) is 10.1. The number of rotatable bonds is 2. The molecular formula is C12H19N5. The third-order valence-electron chi connectivity index (χ3n) is 3.58. The standard InChI is InChI=1S/C12H19N5/c13-10-9-14-12(17-7-3-4-8-17)15-11(10)16-5-1-2-6-16/h9H,1-8,13H2. The molecule has 5 heteroatoms. The highest BCUT2D eigenvalue weighted by atomic mass is 15.3. The zero-order valence-electron chi connectivity index (χ0n) is 10.1. The smallest absolute Gasteiger partial charge is 0.227 e. The highest BCUT2D eigenvalue weighted by Crippen LogP contribution is 2.26. The van der Waals surface area contributed by atoms with Crippen LogP contribution in [0.15, 0.2) is 6.20 Å². The minimum Gasteiger partial charge on any atom is -0.394 e. The molecule has 2 aliphatic rings. The SMILES string of the molecule is Nc1cnc(N2CCCC2)nc1N1CCCC1. The maximum atomic E-state index is 5.98. The van der Waals surface area contributed by atoms with Gasteiger partial charge in [-0.1, -0.05) is 0 Å². The Balaban J connectivity index is 1.88. The van der Waals surface area contributed by atoms with E-state index >= 15 is 0 Å². The fraction of sp³-hybridized carbons (Fsp3) is 0.667. The van der Waals surface area contributed by atoms with Gasteiger partial charge in [0.05, 0.1) is 11.9 Å². The lowest BCUT2D eigenvalue weighted by molar-refractivity contribution is 0.873. The maximum absolute atomic E-state index is 5.98. The van der Waals surface area contributed by atoms with E-state index in [1.165, 1.54) is 25.7 Å². The Morgan fingerprint density at radius 2 is 1.53 bits per heavy atom. The molecule has 0 amide bonds. The van der Waals surface area contributed by atoms with Gasteiger partial charge in [0.15, 0.2) is 5.82 Å². The predicted octanol–water partition coefficient (Wildman–Crippen LogP) is 1.26. The largest absolute Gasteiger partial charge is 0.394 e. The normalized spacial score (nSPS) is 20.2. The van der Waals surface area contributed by atoms with Crippen LogP contribution in [0.1, 0.15) is 25.7 Å². The van der Waals surface area contributed by atoms with Gasteiger partial charge in [-0.25, -0.2) is 4.98 Å². The van der Waals surface area contributed by atoms with Crippen LogP contribution in [-0.2, 0) is 0 Å². The second-order valence-corrected chi connectivity index (χ2v) is 4.84. The lowest BCUT2D eigenvalue weighted by Crippen LogP contribution is -2.25. The van der Waals surface area contributed by atoms with E-state index in [2.05, 4.69) is 19.8 Å². The van der Waals surface area contributed by atoms with Gasteiger partial charge < -0.3 is 15.5 Å². The van der Waals surface area contributed by atoms with E-state index in [9.17, 15) is 0 Å². The summed E-state index contributed by atoms with van der Waals surface area (Å²) in [6.07, 6.45) is 6.72. The van der Waals surface area contributed by atoms with E-state index in [1.54, 1.807) is 6.20 Å². The summed E-state index contributed by atoms with van der Waals surface area (Å²) in [6.45, 7) is 4.29. The average Bonchev–Trinajstić information content (AvgIpc) is 3.03. The zero-order chi connectivity index (χ0) is 11.7. The van der Waals surface area contributed by atoms with Crippen LogP contribution in [0, 0.1) is 0 Å². The molecule has 0 spiro atoms. The molecule has 0 aromatic carbocycles. The number of nitrogens with zero attached hydrogens (tertiary/aromatic N) is 4. The number of anilines is 3. The lowest BCUT2D eigenvalue weighted by Gasteiger charge is -2.21.